The third-order valence-corrected chi connectivity index (χ3v) is 3.31. The molecule has 0 unspecified atom stereocenters. The maximum atomic E-state index is 4.24. The Kier molecular flexibility index (Phi) is 3.43. The van der Waals surface area contributed by atoms with E-state index in [1.165, 1.54) is 0 Å². The number of rotatable bonds is 3. The number of nitrogens with zero attached hydrogens (tertiary/aromatic N) is 4. The van der Waals surface area contributed by atoms with Crippen LogP contribution in [0.2, 0.25) is 0 Å². The normalized spacial score (nSPS) is 12.0. The molecule has 0 aliphatic carbocycles. The van der Waals surface area contributed by atoms with Crippen LogP contribution in [0.4, 0.5) is 0 Å². The molecule has 21 heavy (non-hydrogen) atoms. The fourth-order valence-corrected chi connectivity index (χ4v) is 2.22. The van der Waals surface area contributed by atoms with Crippen LogP contribution in [0.3, 0.4) is 0 Å². The van der Waals surface area contributed by atoms with Gasteiger partial charge in [0.1, 0.15) is 0 Å². The molecule has 0 saturated heterocycles. The highest BCUT2D eigenvalue weighted by Crippen LogP contribution is 2.21. The minimum atomic E-state index is 0.0510. The molecule has 0 radical (unpaired) electrons. The second-order valence-electron chi connectivity index (χ2n) is 6.11. The number of fused-ring (bicyclic) bond motifs is 1. The molecule has 1 aromatic carbocycles. The Hall–Kier alpha value is -2.27. The molecule has 5 heteroatoms. The number of pyridine rings is 1. The summed E-state index contributed by atoms with van der Waals surface area (Å²) >= 11 is 0. The maximum absolute atomic E-state index is 4.24. The minimum absolute atomic E-state index is 0.0510. The second-order valence-corrected chi connectivity index (χ2v) is 6.11. The van der Waals surface area contributed by atoms with Gasteiger partial charge in [0.15, 0.2) is 0 Å². The van der Waals surface area contributed by atoms with E-state index in [0.717, 1.165) is 22.2 Å². The van der Waals surface area contributed by atoms with E-state index in [4.69, 9.17) is 0 Å². The Labute approximate surface area is 124 Å². The summed E-state index contributed by atoms with van der Waals surface area (Å²) in [6.45, 7) is 7.14. The van der Waals surface area contributed by atoms with Gasteiger partial charge in [-0.05, 0) is 38.3 Å². The molecule has 0 aliphatic heterocycles. The van der Waals surface area contributed by atoms with Crippen LogP contribution in [-0.4, -0.2) is 25.5 Å². The lowest BCUT2D eigenvalue weighted by atomic mass is 10.1. The van der Waals surface area contributed by atoms with Crippen molar-refractivity contribution in [1.29, 1.82) is 0 Å². The van der Waals surface area contributed by atoms with Crippen molar-refractivity contribution in [2.45, 2.75) is 32.9 Å². The molecule has 0 amide bonds. The second kappa shape index (κ2) is 5.26. The molecule has 2 aromatic heterocycles. The molecule has 0 fully saturated rings. The first-order chi connectivity index (χ1) is 10.0. The van der Waals surface area contributed by atoms with Gasteiger partial charge in [-0.1, -0.05) is 17.3 Å². The summed E-state index contributed by atoms with van der Waals surface area (Å²) in [6, 6.07) is 8.15. The Morgan fingerprint density at radius 3 is 2.81 bits per heavy atom. The highest BCUT2D eigenvalue weighted by Gasteiger charge is 2.13. The van der Waals surface area contributed by atoms with Crippen molar-refractivity contribution in [2.24, 2.45) is 0 Å². The van der Waals surface area contributed by atoms with Crippen molar-refractivity contribution in [1.82, 2.24) is 25.3 Å². The molecule has 5 nitrogen and oxygen atoms in total. The van der Waals surface area contributed by atoms with Gasteiger partial charge in [-0.3, -0.25) is 4.98 Å². The van der Waals surface area contributed by atoms with Crippen LogP contribution < -0.4 is 5.32 Å². The van der Waals surface area contributed by atoms with Crippen LogP contribution >= 0.6 is 0 Å². The van der Waals surface area contributed by atoms with Gasteiger partial charge in [-0.15, -0.1) is 5.10 Å². The van der Waals surface area contributed by atoms with Crippen molar-refractivity contribution in [3.8, 4) is 5.69 Å². The molecule has 3 aromatic rings. The zero-order chi connectivity index (χ0) is 14.9. The summed E-state index contributed by atoms with van der Waals surface area (Å²) in [5, 5.41) is 14.0. The SMILES string of the molecule is CC(C)(C)NCc1cnnn1-c1cccc2ccncc12. The standard InChI is InChI=1S/C16H19N5/c1-16(2,3)18-9-13-10-19-20-21(13)15-6-4-5-12-7-8-17-11-14(12)15/h4-8,10-11,18H,9H2,1-3H3. The highest BCUT2D eigenvalue weighted by atomic mass is 15.4. The van der Waals surface area contributed by atoms with E-state index in [2.05, 4.69) is 47.5 Å². The minimum Gasteiger partial charge on any atom is -0.306 e. The molecule has 0 bridgehead atoms. The lowest BCUT2D eigenvalue weighted by Crippen LogP contribution is -2.35. The van der Waals surface area contributed by atoms with Crippen molar-refractivity contribution in [3.63, 3.8) is 0 Å². The van der Waals surface area contributed by atoms with Crippen LogP contribution in [0.5, 0.6) is 0 Å². The molecule has 0 aliphatic rings. The zero-order valence-electron chi connectivity index (χ0n) is 12.5. The van der Waals surface area contributed by atoms with Crippen molar-refractivity contribution < 1.29 is 0 Å². The Morgan fingerprint density at radius 1 is 1.14 bits per heavy atom. The van der Waals surface area contributed by atoms with E-state index in [-0.39, 0.29) is 5.54 Å². The predicted octanol–water partition coefficient (Wildman–Crippen LogP) is 2.70. The molecule has 0 spiro atoms. The predicted molar refractivity (Wildman–Crippen MR) is 83.3 cm³/mol. The first-order valence-corrected chi connectivity index (χ1v) is 7.02. The molecule has 2 heterocycles. The first-order valence-electron chi connectivity index (χ1n) is 7.02. The van der Waals surface area contributed by atoms with Crippen LogP contribution in [0, 0.1) is 0 Å². The molecule has 0 atom stereocenters. The maximum Gasteiger partial charge on any atom is 0.0784 e. The smallest absolute Gasteiger partial charge is 0.0784 e. The van der Waals surface area contributed by atoms with E-state index in [1.54, 1.807) is 12.4 Å². The summed E-state index contributed by atoms with van der Waals surface area (Å²) in [6.07, 6.45) is 5.47. The van der Waals surface area contributed by atoms with E-state index < -0.39 is 0 Å². The lowest BCUT2D eigenvalue weighted by molar-refractivity contribution is 0.418. The Balaban J connectivity index is 2.02. The third kappa shape index (κ3) is 2.92. The van der Waals surface area contributed by atoms with Gasteiger partial charge in [0.2, 0.25) is 0 Å². The monoisotopic (exact) mass is 281 g/mol. The van der Waals surface area contributed by atoms with Gasteiger partial charge < -0.3 is 5.32 Å². The highest BCUT2D eigenvalue weighted by molar-refractivity contribution is 5.89. The Morgan fingerprint density at radius 2 is 2.00 bits per heavy atom. The molecule has 0 saturated carbocycles. The van der Waals surface area contributed by atoms with Gasteiger partial charge in [-0.2, -0.15) is 0 Å². The van der Waals surface area contributed by atoms with Gasteiger partial charge in [0, 0.05) is 29.9 Å². The number of aromatic nitrogens is 4. The fourth-order valence-electron chi connectivity index (χ4n) is 2.22. The zero-order valence-corrected chi connectivity index (χ0v) is 12.5. The van der Waals surface area contributed by atoms with Gasteiger partial charge in [0.05, 0.1) is 17.6 Å². The van der Waals surface area contributed by atoms with Crippen LogP contribution in [0.15, 0.2) is 42.9 Å². The van der Waals surface area contributed by atoms with Crippen molar-refractivity contribution in [2.75, 3.05) is 0 Å². The summed E-state index contributed by atoms with van der Waals surface area (Å²) < 4.78 is 1.88. The van der Waals surface area contributed by atoms with Gasteiger partial charge >= 0.3 is 0 Å². The average Bonchev–Trinajstić information content (AvgIpc) is 2.92. The van der Waals surface area contributed by atoms with Crippen molar-refractivity contribution >= 4 is 10.8 Å². The van der Waals surface area contributed by atoms with E-state index >= 15 is 0 Å². The average molecular weight is 281 g/mol. The summed E-state index contributed by atoms with van der Waals surface area (Å²) in [5.41, 5.74) is 2.08. The van der Waals surface area contributed by atoms with Crippen LogP contribution in [-0.2, 0) is 6.54 Å². The summed E-state index contributed by atoms with van der Waals surface area (Å²) in [4.78, 5) is 4.22. The van der Waals surface area contributed by atoms with Crippen LogP contribution in [0.1, 0.15) is 26.5 Å². The van der Waals surface area contributed by atoms with Crippen LogP contribution in [0.25, 0.3) is 16.5 Å². The molecule has 1 N–H and O–H groups in total. The number of hydrogen-bond donors (Lipinski definition) is 1. The number of nitrogens with one attached hydrogen (secondary N) is 1. The number of benzene rings is 1. The molecular weight excluding hydrogens is 262 g/mol. The van der Waals surface area contributed by atoms with Gasteiger partial charge in [-0.25, -0.2) is 4.68 Å². The summed E-state index contributed by atoms with van der Waals surface area (Å²) in [5.74, 6) is 0. The molecule has 108 valence electrons. The number of hydrogen-bond acceptors (Lipinski definition) is 4. The van der Waals surface area contributed by atoms with E-state index in [0.29, 0.717) is 6.54 Å². The van der Waals surface area contributed by atoms with E-state index in [1.807, 2.05) is 29.1 Å². The Bertz CT molecular complexity index is 749. The lowest BCUT2D eigenvalue weighted by Gasteiger charge is -2.20. The summed E-state index contributed by atoms with van der Waals surface area (Å²) in [7, 11) is 0. The van der Waals surface area contributed by atoms with Gasteiger partial charge in [0.25, 0.3) is 0 Å². The first kappa shape index (κ1) is 13.7. The molecular formula is C16H19N5. The third-order valence-electron chi connectivity index (χ3n) is 3.31. The topological polar surface area (TPSA) is 55.6 Å². The van der Waals surface area contributed by atoms with Crippen molar-refractivity contribution in [3.05, 3.63) is 48.5 Å². The quantitative estimate of drug-likeness (QED) is 0.802. The fraction of sp³-hybridized carbons (Fsp3) is 0.312. The largest absolute Gasteiger partial charge is 0.306 e. The van der Waals surface area contributed by atoms with E-state index in [9.17, 15) is 0 Å². The molecule has 3 rings (SSSR count).